The van der Waals surface area contributed by atoms with E-state index in [4.69, 9.17) is 9.84 Å². The van der Waals surface area contributed by atoms with Crippen LogP contribution in [0.2, 0.25) is 0 Å². The average molecular weight is 281 g/mol. The van der Waals surface area contributed by atoms with Crippen LogP contribution in [0.4, 0.5) is 0 Å². The van der Waals surface area contributed by atoms with Crippen LogP contribution in [0.15, 0.2) is 30.3 Å². The molecule has 2 unspecified atom stereocenters. The molecule has 5 nitrogen and oxygen atoms in total. The fourth-order valence-corrected chi connectivity index (χ4v) is 1.73. The molecule has 1 rings (SSSR count). The number of unbranched alkanes of at least 4 members (excludes halogenated alkanes) is 1. The number of carbonyl (C=O) groups is 1. The molecule has 2 atom stereocenters. The second-order valence-electron chi connectivity index (χ2n) is 4.84. The summed E-state index contributed by atoms with van der Waals surface area (Å²) in [7, 11) is 0. The third-order valence-corrected chi connectivity index (χ3v) is 3.06. The van der Waals surface area contributed by atoms with Gasteiger partial charge in [-0.05, 0) is 24.9 Å². The topological polar surface area (TPSA) is 78.8 Å². The fraction of sp³-hybridized carbons (Fsp3) is 0.533. The van der Waals surface area contributed by atoms with Crippen LogP contribution in [0, 0.1) is 5.92 Å². The second-order valence-corrected chi connectivity index (χ2v) is 4.84. The highest BCUT2D eigenvalue weighted by Gasteiger charge is 2.09. The molecule has 20 heavy (non-hydrogen) atoms. The Bertz CT molecular complexity index is 383. The van der Waals surface area contributed by atoms with E-state index in [0.29, 0.717) is 19.6 Å². The molecule has 3 N–H and O–H groups in total. The number of nitrogens with one attached hydrogen (secondary N) is 1. The van der Waals surface area contributed by atoms with Gasteiger partial charge in [-0.2, -0.15) is 0 Å². The number of aliphatic hydroxyl groups is 1. The van der Waals surface area contributed by atoms with Gasteiger partial charge >= 0.3 is 5.97 Å². The Morgan fingerprint density at radius 2 is 2.00 bits per heavy atom. The van der Waals surface area contributed by atoms with Crippen molar-refractivity contribution in [2.75, 3.05) is 6.54 Å². The molecule has 0 aliphatic carbocycles. The number of carboxylic acid groups (broad SMARTS) is 1. The molecule has 0 heterocycles. The first kappa shape index (κ1) is 16.6. The molecule has 0 saturated heterocycles. The van der Waals surface area contributed by atoms with Crippen molar-refractivity contribution in [3.8, 4) is 0 Å². The van der Waals surface area contributed by atoms with Gasteiger partial charge in [-0.1, -0.05) is 43.7 Å². The van der Waals surface area contributed by atoms with Crippen molar-refractivity contribution >= 4 is 5.97 Å². The highest BCUT2D eigenvalue weighted by molar-refractivity contribution is 5.69. The molecule has 112 valence electrons. The summed E-state index contributed by atoms with van der Waals surface area (Å²) in [6.07, 6.45) is 1.28. The summed E-state index contributed by atoms with van der Waals surface area (Å²) in [5.74, 6) is -1.07. The van der Waals surface area contributed by atoms with Gasteiger partial charge in [0, 0.05) is 0 Å². The number of hydrogen-bond acceptors (Lipinski definition) is 4. The monoisotopic (exact) mass is 281 g/mol. The summed E-state index contributed by atoms with van der Waals surface area (Å²) < 4.78 is 5.24. The Hall–Kier alpha value is -1.43. The largest absolute Gasteiger partial charge is 0.481 e. The van der Waals surface area contributed by atoms with Gasteiger partial charge in [0.05, 0.1) is 12.5 Å². The molecule has 0 spiro atoms. The van der Waals surface area contributed by atoms with E-state index in [1.807, 2.05) is 30.3 Å². The van der Waals surface area contributed by atoms with E-state index in [-0.39, 0.29) is 5.92 Å². The fourth-order valence-electron chi connectivity index (χ4n) is 1.73. The zero-order chi connectivity index (χ0) is 14.8. The number of aliphatic carboxylic acids is 1. The molecule has 0 amide bonds. The predicted molar refractivity (Wildman–Crippen MR) is 75.9 cm³/mol. The van der Waals surface area contributed by atoms with Crippen molar-refractivity contribution < 1.29 is 19.7 Å². The highest BCUT2D eigenvalue weighted by atomic mass is 16.6. The number of carboxylic acids is 1. The minimum atomic E-state index is -0.993. The van der Waals surface area contributed by atoms with E-state index in [9.17, 15) is 9.90 Å². The Labute approximate surface area is 119 Å². The van der Waals surface area contributed by atoms with Crippen LogP contribution in [-0.2, 0) is 16.1 Å². The lowest BCUT2D eigenvalue weighted by Gasteiger charge is -2.14. The quantitative estimate of drug-likeness (QED) is 0.451. The van der Waals surface area contributed by atoms with Gasteiger partial charge in [-0.15, -0.1) is 0 Å². The first-order valence-corrected chi connectivity index (χ1v) is 6.89. The van der Waals surface area contributed by atoms with Gasteiger partial charge in [0.1, 0.15) is 0 Å². The van der Waals surface area contributed by atoms with Crippen LogP contribution in [0.3, 0.4) is 0 Å². The Morgan fingerprint density at radius 3 is 2.65 bits per heavy atom. The average Bonchev–Trinajstić information content (AvgIpc) is 2.45. The zero-order valence-electron chi connectivity index (χ0n) is 11.8. The molecule has 0 aromatic heterocycles. The van der Waals surface area contributed by atoms with Gasteiger partial charge < -0.3 is 14.9 Å². The number of ether oxygens (including phenoxy) is 1. The summed E-state index contributed by atoms with van der Waals surface area (Å²) in [5.41, 5.74) is 1.00. The molecule has 0 bridgehead atoms. The van der Waals surface area contributed by atoms with Crippen LogP contribution in [-0.4, -0.2) is 29.1 Å². The minimum absolute atomic E-state index is 0.311. The molecule has 0 fully saturated rings. The van der Waals surface area contributed by atoms with Crippen LogP contribution in [0.25, 0.3) is 0 Å². The molecule has 1 aromatic carbocycles. The van der Waals surface area contributed by atoms with Gasteiger partial charge in [-0.25, -0.2) is 0 Å². The maximum Gasteiger partial charge on any atom is 0.306 e. The smallest absolute Gasteiger partial charge is 0.306 e. The first-order valence-electron chi connectivity index (χ1n) is 6.89. The van der Waals surface area contributed by atoms with E-state index >= 15 is 0 Å². The molecule has 5 heteroatoms. The van der Waals surface area contributed by atoms with Crippen LogP contribution in [0.1, 0.15) is 31.7 Å². The number of hydrogen-bond donors (Lipinski definition) is 3. The van der Waals surface area contributed by atoms with Crippen molar-refractivity contribution in [1.82, 2.24) is 5.32 Å². The van der Waals surface area contributed by atoms with Crippen LogP contribution < -0.4 is 5.32 Å². The molecule has 0 aliphatic heterocycles. The highest BCUT2D eigenvalue weighted by Crippen LogP contribution is 2.07. The molecule has 0 radical (unpaired) electrons. The van der Waals surface area contributed by atoms with Crippen molar-refractivity contribution in [3.05, 3.63) is 35.9 Å². The van der Waals surface area contributed by atoms with Gasteiger partial charge in [-0.3, -0.25) is 10.1 Å². The van der Waals surface area contributed by atoms with Crippen LogP contribution >= 0.6 is 0 Å². The van der Waals surface area contributed by atoms with E-state index in [1.165, 1.54) is 0 Å². The third-order valence-electron chi connectivity index (χ3n) is 3.06. The molecule has 0 saturated carbocycles. The van der Waals surface area contributed by atoms with E-state index in [2.05, 4.69) is 5.32 Å². The molecule has 1 aromatic rings. The van der Waals surface area contributed by atoms with Crippen molar-refractivity contribution in [2.45, 2.75) is 39.2 Å². The summed E-state index contributed by atoms with van der Waals surface area (Å²) in [5, 5.41) is 21.2. The summed E-state index contributed by atoms with van der Waals surface area (Å²) >= 11 is 0. The standard InChI is InChI=1S/C15H23NO4/c1-12(14(17)18)7-5-6-10-16-15(19)20-11-13-8-3-2-4-9-13/h2-4,8-9,12,15-16,19H,5-7,10-11H2,1H3,(H,17,18). The van der Waals surface area contributed by atoms with E-state index < -0.39 is 12.4 Å². The SMILES string of the molecule is CC(CCCCNC(O)OCc1ccccc1)C(=O)O. The number of benzene rings is 1. The lowest BCUT2D eigenvalue weighted by molar-refractivity contribution is -0.141. The number of rotatable bonds is 10. The summed E-state index contributed by atoms with van der Waals surface area (Å²) in [6.45, 7) is 2.65. The molecule has 0 aliphatic rings. The summed E-state index contributed by atoms with van der Waals surface area (Å²) in [4.78, 5) is 10.6. The zero-order valence-corrected chi connectivity index (χ0v) is 11.8. The van der Waals surface area contributed by atoms with Crippen molar-refractivity contribution in [1.29, 1.82) is 0 Å². The van der Waals surface area contributed by atoms with Gasteiger partial charge in [0.25, 0.3) is 0 Å². The third kappa shape index (κ3) is 7.23. The lowest BCUT2D eigenvalue weighted by atomic mass is 10.0. The Morgan fingerprint density at radius 1 is 1.30 bits per heavy atom. The summed E-state index contributed by atoms with van der Waals surface area (Å²) in [6, 6.07) is 9.63. The lowest BCUT2D eigenvalue weighted by Crippen LogP contribution is -2.32. The van der Waals surface area contributed by atoms with E-state index in [1.54, 1.807) is 6.92 Å². The van der Waals surface area contributed by atoms with E-state index in [0.717, 1.165) is 18.4 Å². The Balaban J connectivity index is 2.03. The normalized spacial score (nSPS) is 13.9. The maximum absolute atomic E-state index is 10.6. The van der Waals surface area contributed by atoms with Crippen molar-refractivity contribution in [3.63, 3.8) is 0 Å². The van der Waals surface area contributed by atoms with Crippen LogP contribution in [0.5, 0.6) is 0 Å². The Kier molecular flexibility index (Phi) is 7.87. The van der Waals surface area contributed by atoms with Gasteiger partial charge in [0.15, 0.2) is 0 Å². The predicted octanol–water partition coefficient (Wildman–Crippen LogP) is 1.96. The molecular weight excluding hydrogens is 258 g/mol. The van der Waals surface area contributed by atoms with Crippen molar-refractivity contribution in [2.24, 2.45) is 5.92 Å². The number of aliphatic hydroxyl groups excluding tert-OH is 1. The second kappa shape index (κ2) is 9.47. The first-order chi connectivity index (χ1) is 9.59. The minimum Gasteiger partial charge on any atom is -0.481 e. The van der Waals surface area contributed by atoms with Gasteiger partial charge in [0.2, 0.25) is 6.41 Å². The maximum atomic E-state index is 10.6. The molecular formula is C15H23NO4.